The summed E-state index contributed by atoms with van der Waals surface area (Å²) in [5.74, 6) is 1.75. The summed E-state index contributed by atoms with van der Waals surface area (Å²) in [7, 11) is 0. The summed E-state index contributed by atoms with van der Waals surface area (Å²) in [6, 6.07) is 1.40. The Hall–Kier alpha value is -0.0400. The Bertz CT molecular complexity index is 149. The molecule has 0 saturated heterocycles. The van der Waals surface area contributed by atoms with Gasteiger partial charge in [-0.1, -0.05) is 33.1 Å². The highest BCUT2D eigenvalue weighted by atomic mass is 14.9. The van der Waals surface area contributed by atoms with E-state index in [2.05, 4.69) is 33.0 Å². The SMILES string of the molecule is CCC(C)C(C)N[C@H](C)C1CCCC1. The zero-order valence-electron chi connectivity index (χ0n) is 10.3. The van der Waals surface area contributed by atoms with Gasteiger partial charge >= 0.3 is 0 Å². The molecule has 0 radical (unpaired) electrons. The van der Waals surface area contributed by atoms with Crippen LogP contribution in [0, 0.1) is 11.8 Å². The molecule has 0 spiro atoms. The van der Waals surface area contributed by atoms with Crippen molar-refractivity contribution >= 4 is 0 Å². The summed E-state index contributed by atoms with van der Waals surface area (Å²) in [6.07, 6.45) is 7.08. The Morgan fingerprint density at radius 1 is 1.14 bits per heavy atom. The molecule has 1 nitrogen and oxygen atoms in total. The van der Waals surface area contributed by atoms with E-state index in [1.54, 1.807) is 0 Å². The van der Waals surface area contributed by atoms with Crippen LogP contribution in [0.3, 0.4) is 0 Å². The predicted molar refractivity (Wildman–Crippen MR) is 63.5 cm³/mol. The quantitative estimate of drug-likeness (QED) is 0.710. The summed E-state index contributed by atoms with van der Waals surface area (Å²) in [4.78, 5) is 0. The zero-order valence-corrected chi connectivity index (χ0v) is 10.3. The molecule has 84 valence electrons. The second-order valence-corrected chi connectivity index (χ2v) is 5.17. The summed E-state index contributed by atoms with van der Waals surface area (Å²) in [6.45, 7) is 9.33. The van der Waals surface area contributed by atoms with Crippen LogP contribution in [0.2, 0.25) is 0 Å². The van der Waals surface area contributed by atoms with E-state index in [9.17, 15) is 0 Å². The number of hydrogen-bond acceptors (Lipinski definition) is 1. The van der Waals surface area contributed by atoms with Gasteiger partial charge in [0.15, 0.2) is 0 Å². The van der Waals surface area contributed by atoms with E-state index >= 15 is 0 Å². The molecule has 1 fully saturated rings. The monoisotopic (exact) mass is 197 g/mol. The van der Waals surface area contributed by atoms with Crippen molar-refractivity contribution in [1.82, 2.24) is 5.32 Å². The van der Waals surface area contributed by atoms with Gasteiger partial charge in [-0.15, -0.1) is 0 Å². The van der Waals surface area contributed by atoms with Crippen LogP contribution < -0.4 is 5.32 Å². The van der Waals surface area contributed by atoms with Gasteiger partial charge in [-0.05, 0) is 38.5 Å². The van der Waals surface area contributed by atoms with E-state index in [1.165, 1.54) is 32.1 Å². The summed E-state index contributed by atoms with van der Waals surface area (Å²) in [5.41, 5.74) is 0. The lowest BCUT2D eigenvalue weighted by molar-refractivity contribution is 0.299. The largest absolute Gasteiger partial charge is 0.311 e. The second-order valence-electron chi connectivity index (χ2n) is 5.17. The first kappa shape index (κ1) is 12.0. The molecule has 0 bridgehead atoms. The van der Waals surface area contributed by atoms with E-state index in [0.717, 1.165) is 17.9 Å². The van der Waals surface area contributed by atoms with E-state index in [1.807, 2.05) is 0 Å². The molecule has 14 heavy (non-hydrogen) atoms. The highest BCUT2D eigenvalue weighted by Gasteiger charge is 2.23. The maximum Gasteiger partial charge on any atom is 0.00695 e. The van der Waals surface area contributed by atoms with Gasteiger partial charge < -0.3 is 5.32 Å². The average Bonchev–Trinajstić information content (AvgIpc) is 2.69. The molecule has 1 heteroatoms. The average molecular weight is 197 g/mol. The van der Waals surface area contributed by atoms with Crippen LogP contribution in [0.15, 0.2) is 0 Å². The highest BCUT2D eigenvalue weighted by Crippen LogP contribution is 2.28. The molecular formula is C13H27N. The van der Waals surface area contributed by atoms with Gasteiger partial charge in [-0.3, -0.25) is 0 Å². The molecule has 0 heterocycles. The molecule has 0 aromatic rings. The minimum atomic E-state index is 0.676. The molecule has 1 aliphatic carbocycles. The smallest absolute Gasteiger partial charge is 0.00695 e. The van der Waals surface area contributed by atoms with Crippen molar-refractivity contribution in [3.05, 3.63) is 0 Å². The molecule has 0 aliphatic heterocycles. The molecule has 3 atom stereocenters. The van der Waals surface area contributed by atoms with Crippen molar-refractivity contribution in [2.75, 3.05) is 0 Å². The molecule has 1 rings (SSSR count). The third-order valence-electron chi connectivity index (χ3n) is 4.13. The molecule has 0 aromatic heterocycles. The second kappa shape index (κ2) is 5.75. The zero-order chi connectivity index (χ0) is 10.6. The van der Waals surface area contributed by atoms with Gasteiger partial charge in [0, 0.05) is 12.1 Å². The van der Waals surface area contributed by atoms with Crippen molar-refractivity contribution < 1.29 is 0 Å². The maximum absolute atomic E-state index is 3.77. The fourth-order valence-corrected chi connectivity index (χ4v) is 2.53. The van der Waals surface area contributed by atoms with Crippen LogP contribution in [0.5, 0.6) is 0 Å². The van der Waals surface area contributed by atoms with Gasteiger partial charge in [0.2, 0.25) is 0 Å². The standard InChI is InChI=1S/C13H27N/c1-5-10(2)11(3)14-12(4)13-8-6-7-9-13/h10-14H,5-9H2,1-4H3/t10?,11?,12-/m1/s1. The Morgan fingerprint density at radius 2 is 1.71 bits per heavy atom. The highest BCUT2D eigenvalue weighted by molar-refractivity contribution is 4.80. The fourth-order valence-electron chi connectivity index (χ4n) is 2.53. The van der Waals surface area contributed by atoms with Gasteiger partial charge in [-0.2, -0.15) is 0 Å². The van der Waals surface area contributed by atoms with Gasteiger partial charge in [0.1, 0.15) is 0 Å². The van der Waals surface area contributed by atoms with Crippen LogP contribution >= 0.6 is 0 Å². The Labute approximate surface area is 89.7 Å². The van der Waals surface area contributed by atoms with E-state index in [4.69, 9.17) is 0 Å². The molecule has 1 aliphatic rings. The third kappa shape index (κ3) is 3.27. The molecule has 2 unspecified atom stereocenters. The molecule has 1 N–H and O–H groups in total. The van der Waals surface area contributed by atoms with E-state index in [0.29, 0.717) is 6.04 Å². The number of nitrogens with one attached hydrogen (secondary N) is 1. The fraction of sp³-hybridized carbons (Fsp3) is 1.00. The van der Waals surface area contributed by atoms with Crippen LogP contribution in [0.4, 0.5) is 0 Å². The van der Waals surface area contributed by atoms with Gasteiger partial charge in [0.05, 0.1) is 0 Å². The first-order valence-electron chi connectivity index (χ1n) is 6.41. The van der Waals surface area contributed by atoms with Crippen molar-refractivity contribution in [3.63, 3.8) is 0 Å². The Kier molecular flexibility index (Phi) is 4.94. The van der Waals surface area contributed by atoms with Gasteiger partial charge in [-0.25, -0.2) is 0 Å². The van der Waals surface area contributed by atoms with E-state index < -0.39 is 0 Å². The summed E-state index contributed by atoms with van der Waals surface area (Å²) < 4.78 is 0. The van der Waals surface area contributed by atoms with Crippen LogP contribution in [-0.4, -0.2) is 12.1 Å². The minimum Gasteiger partial charge on any atom is -0.311 e. The molecule has 0 amide bonds. The predicted octanol–water partition coefficient (Wildman–Crippen LogP) is 3.59. The number of rotatable bonds is 5. The maximum atomic E-state index is 3.77. The normalized spacial score (nSPS) is 24.9. The molecule has 0 aromatic carbocycles. The van der Waals surface area contributed by atoms with Crippen molar-refractivity contribution in [2.24, 2.45) is 11.8 Å². The third-order valence-corrected chi connectivity index (χ3v) is 4.13. The van der Waals surface area contributed by atoms with Gasteiger partial charge in [0.25, 0.3) is 0 Å². The van der Waals surface area contributed by atoms with Crippen LogP contribution in [0.1, 0.15) is 59.8 Å². The topological polar surface area (TPSA) is 12.0 Å². The van der Waals surface area contributed by atoms with E-state index in [-0.39, 0.29) is 0 Å². The lowest BCUT2D eigenvalue weighted by atomic mass is 9.95. The minimum absolute atomic E-state index is 0.676. The molecular weight excluding hydrogens is 170 g/mol. The first-order chi connectivity index (χ1) is 6.65. The lowest BCUT2D eigenvalue weighted by Crippen LogP contribution is -2.41. The summed E-state index contributed by atoms with van der Waals surface area (Å²) >= 11 is 0. The molecule has 1 saturated carbocycles. The Balaban J connectivity index is 2.27. The first-order valence-corrected chi connectivity index (χ1v) is 6.41. The van der Waals surface area contributed by atoms with Crippen molar-refractivity contribution in [2.45, 2.75) is 71.9 Å². The van der Waals surface area contributed by atoms with Crippen LogP contribution in [-0.2, 0) is 0 Å². The Morgan fingerprint density at radius 3 is 2.21 bits per heavy atom. The van der Waals surface area contributed by atoms with Crippen LogP contribution in [0.25, 0.3) is 0 Å². The lowest BCUT2D eigenvalue weighted by Gasteiger charge is -2.28. The summed E-state index contributed by atoms with van der Waals surface area (Å²) in [5, 5.41) is 3.77. The van der Waals surface area contributed by atoms with Crippen molar-refractivity contribution in [1.29, 1.82) is 0 Å². The van der Waals surface area contributed by atoms with Crippen molar-refractivity contribution in [3.8, 4) is 0 Å². The number of hydrogen-bond donors (Lipinski definition) is 1.